The molecule has 4 rings (SSSR count). The number of carbonyl (C=O) groups excluding carboxylic acids is 1. The van der Waals surface area contributed by atoms with Crippen LogP contribution in [0.4, 0.5) is 5.82 Å². The van der Waals surface area contributed by atoms with Gasteiger partial charge in [0.15, 0.2) is 5.82 Å². The first-order valence-electron chi connectivity index (χ1n) is 10.6. The van der Waals surface area contributed by atoms with E-state index >= 15 is 0 Å². The Morgan fingerprint density at radius 3 is 2.59 bits per heavy atom. The van der Waals surface area contributed by atoms with E-state index in [0.29, 0.717) is 49.7 Å². The zero-order chi connectivity index (χ0) is 22.9. The van der Waals surface area contributed by atoms with Crippen molar-refractivity contribution < 1.29 is 17.7 Å². The topological polar surface area (TPSA) is 109 Å². The highest BCUT2D eigenvalue weighted by molar-refractivity contribution is 7.89. The molecule has 0 spiro atoms. The van der Waals surface area contributed by atoms with Crippen LogP contribution in [0.5, 0.6) is 0 Å². The Morgan fingerprint density at radius 1 is 1.19 bits per heavy atom. The lowest BCUT2D eigenvalue weighted by atomic mass is 10.1. The van der Waals surface area contributed by atoms with Gasteiger partial charge in [-0.2, -0.15) is 4.31 Å². The molecule has 1 unspecified atom stereocenters. The van der Waals surface area contributed by atoms with Crippen molar-refractivity contribution in [3.8, 4) is 0 Å². The summed E-state index contributed by atoms with van der Waals surface area (Å²) in [5.74, 6) is 0.821. The third-order valence-electron chi connectivity index (χ3n) is 5.71. The molecule has 10 heteroatoms. The monoisotopic (exact) mass is 457 g/mol. The molecule has 3 heterocycles. The molecule has 1 aromatic carbocycles. The van der Waals surface area contributed by atoms with Gasteiger partial charge >= 0.3 is 0 Å². The Balaban J connectivity index is 1.47. The van der Waals surface area contributed by atoms with Gasteiger partial charge in [-0.3, -0.25) is 14.7 Å². The number of sulfonamides is 1. The quantitative estimate of drug-likeness (QED) is 0.606. The average molecular weight is 458 g/mol. The molecule has 0 bridgehead atoms. The fraction of sp³-hybridized carbons (Fsp3) is 0.409. The highest BCUT2D eigenvalue weighted by atomic mass is 32.2. The molecule has 3 aromatic rings. The molecule has 170 valence electrons. The van der Waals surface area contributed by atoms with Gasteiger partial charge < -0.3 is 9.84 Å². The zero-order valence-electron chi connectivity index (χ0n) is 18.4. The summed E-state index contributed by atoms with van der Waals surface area (Å²) < 4.78 is 33.2. The second kappa shape index (κ2) is 8.97. The van der Waals surface area contributed by atoms with Gasteiger partial charge in [0.1, 0.15) is 10.7 Å². The SMILES string of the molecule is CCC(C(=O)Nc1cc(C)on1)N1CCN(S(=O)(=O)c2cccc3cc(C)cnc23)CC1. The number of anilines is 1. The Hall–Kier alpha value is -2.82. The number of nitrogens with zero attached hydrogens (tertiary/aromatic N) is 4. The lowest BCUT2D eigenvalue weighted by molar-refractivity contribution is -0.121. The highest BCUT2D eigenvalue weighted by Gasteiger charge is 2.34. The van der Waals surface area contributed by atoms with Gasteiger partial charge in [0.25, 0.3) is 0 Å². The number of piperazine rings is 1. The minimum atomic E-state index is -3.70. The molecule has 0 saturated carbocycles. The van der Waals surface area contributed by atoms with Gasteiger partial charge in [0, 0.05) is 43.8 Å². The van der Waals surface area contributed by atoms with Crippen LogP contribution in [0, 0.1) is 13.8 Å². The Morgan fingerprint density at radius 2 is 1.94 bits per heavy atom. The predicted octanol–water partition coefficient (Wildman–Crippen LogP) is 2.56. The fourth-order valence-electron chi connectivity index (χ4n) is 4.09. The van der Waals surface area contributed by atoms with Gasteiger partial charge in [-0.15, -0.1) is 0 Å². The minimum Gasteiger partial charge on any atom is -0.360 e. The largest absolute Gasteiger partial charge is 0.360 e. The molecule has 2 aromatic heterocycles. The van der Waals surface area contributed by atoms with Gasteiger partial charge in [-0.1, -0.05) is 24.2 Å². The van der Waals surface area contributed by atoms with E-state index in [1.54, 1.807) is 31.3 Å². The van der Waals surface area contributed by atoms with Crippen LogP contribution < -0.4 is 5.32 Å². The molecule has 0 radical (unpaired) electrons. The van der Waals surface area contributed by atoms with Crippen LogP contribution in [0.1, 0.15) is 24.7 Å². The first-order chi connectivity index (χ1) is 15.3. The molecule has 0 aliphatic carbocycles. The first-order valence-corrected chi connectivity index (χ1v) is 12.1. The van der Waals surface area contributed by atoms with Gasteiger partial charge in [-0.25, -0.2) is 8.42 Å². The van der Waals surface area contributed by atoms with Crippen molar-refractivity contribution in [2.75, 3.05) is 31.5 Å². The molecule has 1 aliphatic rings. The Bertz CT molecular complexity index is 1230. The van der Waals surface area contributed by atoms with Crippen molar-refractivity contribution in [3.63, 3.8) is 0 Å². The summed E-state index contributed by atoms with van der Waals surface area (Å²) >= 11 is 0. The number of hydrogen-bond acceptors (Lipinski definition) is 7. The van der Waals surface area contributed by atoms with Crippen molar-refractivity contribution in [3.05, 3.63) is 47.9 Å². The normalized spacial score (nSPS) is 16.8. The number of benzene rings is 1. The van der Waals surface area contributed by atoms with Crippen LogP contribution in [0.25, 0.3) is 10.9 Å². The molecule has 1 aliphatic heterocycles. The van der Waals surface area contributed by atoms with Crippen molar-refractivity contribution in [1.82, 2.24) is 19.3 Å². The van der Waals surface area contributed by atoms with Gasteiger partial charge in [-0.05, 0) is 38.0 Å². The van der Waals surface area contributed by atoms with Crippen LogP contribution in [-0.2, 0) is 14.8 Å². The Kier molecular flexibility index (Phi) is 6.27. The maximum absolute atomic E-state index is 13.4. The van der Waals surface area contributed by atoms with E-state index < -0.39 is 10.0 Å². The molecule has 1 saturated heterocycles. The summed E-state index contributed by atoms with van der Waals surface area (Å²) in [4.78, 5) is 19.4. The van der Waals surface area contributed by atoms with Crippen molar-refractivity contribution >= 4 is 32.7 Å². The second-order valence-corrected chi connectivity index (χ2v) is 9.92. The van der Waals surface area contributed by atoms with Crippen molar-refractivity contribution in [2.24, 2.45) is 0 Å². The number of aromatic nitrogens is 2. The molecule has 32 heavy (non-hydrogen) atoms. The van der Waals surface area contributed by atoms with Crippen LogP contribution in [0.3, 0.4) is 0 Å². The molecule has 1 N–H and O–H groups in total. The summed E-state index contributed by atoms with van der Waals surface area (Å²) in [6.45, 7) is 7.14. The lowest BCUT2D eigenvalue weighted by Gasteiger charge is -2.37. The van der Waals surface area contributed by atoms with Crippen LogP contribution in [0.2, 0.25) is 0 Å². The molecular formula is C22H27N5O4S. The van der Waals surface area contributed by atoms with E-state index in [9.17, 15) is 13.2 Å². The number of carbonyl (C=O) groups is 1. The number of hydrogen-bond donors (Lipinski definition) is 1. The standard InChI is InChI=1S/C22H27N5O4S/c1-4-18(22(28)24-20-13-16(3)31-25-20)26-8-10-27(11-9-26)32(29,30)19-7-5-6-17-12-15(2)14-23-21(17)19/h5-7,12-14,18H,4,8-11H2,1-3H3,(H,24,25,28). The summed E-state index contributed by atoms with van der Waals surface area (Å²) in [7, 11) is -3.70. The highest BCUT2D eigenvalue weighted by Crippen LogP contribution is 2.26. The lowest BCUT2D eigenvalue weighted by Crippen LogP contribution is -2.54. The van der Waals surface area contributed by atoms with E-state index in [0.717, 1.165) is 10.9 Å². The maximum Gasteiger partial charge on any atom is 0.245 e. The van der Waals surface area contributed by atoms with Crippen LogP contribution in [0.15, 0.2) is 45.9 Å². The van der Waals surface area contributed by atoms with Gasteiger partial charge in [0.05, 0.1) is 11.6 Å². The molecule has 1 atom stereocenters. The molecular weight excluding hydrogens is 430 g/mol. The van der Waals surface area contributed by atoms with E-state index in [-0.39, 0.29) is 16.8 Å². The van der Waals surface area contributed by atoms with E-state index in [1.807, 2.05) is 30.9 Å². The molecule has 9 nitrogen and oxygen atoms in total. The number of nitrogens with one attached hydrogen (secondary N) is 1. The summed E-state index contributed by atoms with van der Waals surface area (Å²) in [5.41, 5.74) is 1.46. The number of rotatable bonds is 6. The van der Waals surface area contributed by atoms with E-state index in [4.69, 9.17) is 4.52 Å². The third kappa shape index (κ3) is 4.38. The van der Waals surface area contributed by atoms with E-state index in [1.165, 1.54) is 4.31 Å². The maximum atomic E-state index is 13.4. The number of pyridine rings is 1. The summed E-state index contributed by atoms with van der Waals surface area (Å²) in [6, 6.07) is 8.44. The number of para-hydroxylation sites is 1. The fourth-order valence-corrected chi connectivity index (χ4v) is 5.68. The molecule has 1 amide bonds. The smallest absolute Gasteiger partial charge is 0.245 e. The minimum absolute atomic E-state index is 0.175. The van der Waals surface area contributed by atoms with Crippen molar-refractivity contribution in [2.45, 2.75) is 38.1 Å². The first kappa shape index (κ1) is 22.4. The zero-order valence-corrected chi connectivity index (χ0v) is 19.2. The van der Waals surface area contributed by atoms with Crippen molar-refractivity contribution in [1.29, 1.82) is 0 Å². The Labute approximate surface area is 187 Å². The van der Waals surface area contributed by atoms with Crippen LogP contribution >= 0.6 is 0 Å². The van der Waals surface area contributed by atoms with Crippen LogP contribution in [-0.4, -0.2) is 65.9 Å². The summed E-state index contributed by atoms with van der Waals surface area (Å²) in [5, 5.41) is 7.39. The number of aryl methyl sites for hydroxylation is 2. The number of fused-ring (bicyclic) bond motifs is 1. The molecule has 1 fully saturated rings. The number of amides is 1. The average Bonchev–Trinajstić information content (AvgIpc) is 3.18. The summed E-state index contributed by atoms with van der Waals surface area (Å²) in [6.07, 6.45) is 2.28. The van der Waals surface area contributed by atoms with E-state index in [2.05, 4.69) is 15.5 Å². The van der Waals surface area contributed by atoms with Gasteiger partial charge in [0.2, 0.25) is 15.9 Å². The third-order valence-corrected chi connectivity index (χ3v) is 7.64. The predicted molar refractivity (Wildman–Crippen MR) is 121 cm³/mol. The second-order valence-electron chi connectivity index (χ2n) is 8.02.